The van der Waals surface area contributed by atoms with Crippen LogP contribution in [0.15, 0.2) is 30.3 Å². The average molecular weight is 237 g/mol. The van der Waals surface area contributed by atoms with E-state index in [0.29, 0.717) is 6.54 Å². The van der Waals surface area contributed by atoms with Gasteiger partial charge in [0.1, 0.15) is 6.04 Å². The molecule has 0 bridgehead atoms. The van der Waals surface area contributed by atoms with Crippen LogP contribution in [-0.2, 0) is 11.3 Å². The maximum Gasteiger partial charge on any atom is 0.321 e. The number of carbonyl (C=O) groups is 1. The highest BCUT2D eigenvalue weighted by molar-refractivity contribution is 5.73. The van der Waals surface area contributed by atoms with Crippen LogP contribution in [0.1, 0.15) is 19.4 Å². The van der Waals surface area contributed by atoms with Gasteiger partial charge in [-0.05, 0) is 12.5 Å². The fraction of sp³-hybridized carbons (Fsp3) is 0.462. The third kappa shape index (κ3) is 4.17. The highest BCUT2D eigenvalue weighted by Crippen LogP contribution is 2.10. The molecular formula is C13H19NO3. The Morgan fingerprint density at radius 2 is 1.88 bits per heavy atom. The van der Waals surface area contributed by atoms with Gasteiger partial charge in [0.05, 0.1) is 6.10 Å². The Labute approximate surface area is 101 Å². The number of carboxylic acid groups (broad SMARTS) is 1. The number of hydrogen-bond donors (Lipinski definition) is 3. The molecular weight excluding hydrogens is 218 g/mol. The van der Waals surface area contributed by atoms with E-state index >= 15 is 0 Å². The molecule has 17 heavy (non-hydrogen) atoms. The Kier molecular flexibility index (Phi) is 5.12. The van der Waals surface area contributed by atoms with Crippen molar-refractivity contribution in [2.45, 2.75) is 32.5 Å². The van der Waals surface area contributed by atoms with Crippen molar-refractivity contribution in [2.75, 3.05) is 0 Å². The van der Waals surface area contributed by atoms with E-state index in [1.807, 2.05) is 30.3 Å². The quantitative estimate of drug-likeness (QED) is 0.696. The molecule has 0 amide bonds. The molecule has 0 heterocycles. The van der Waals surface area contributed by atoms with Gasteiger partial charge < -0.3 is 10.2 Å². The zero-order chi connectivity index (χ0) is 12.8. The van der Waals surface area contributed by atoms with Gasteiger partial charge in [0.15, 0.2) is 0 Å². The molecule has 0 spiro atoms. The second kappa shape index (κ2) is 6.37. The Bertz CT molecular complexity index is 351. The predicted molar refractivity (Wildman–Crippen MR) is 65.6 cm³/mol. The minimum absolute atomic E-state index is 0.337. The normalized spacial score (nSPS) is 16.2. The highest BCUT2D eigenvalue weighted by atomic mass is 16.4. The van der Waals surface area contributed by atoms with Gasteiger partial charge in [-0.3, -0.25) is 10.1 Å². The van der Waals surface area contributed by atoms with Crippen LogP contribution in [0.25, 0.3) is 0 Å². The van der Waals surface area contributed by atoms with Crippen molar-refractivity contribution in [2.24, 2.45) is 5.92 Å². The van der Waals surface area contributed by atoms with Crippen molar-refractivity contribution in [1.82, 2.24) is 5.32 Å². The predicted octanol–water partition coefficient (Wildman–Crippen LogP) is 1.25. The molecule has 4 nitrogen and oxygen atoms in total. The molecule has 0 aromatic heterocycles. The van der Waals surface area contributed by atoms with Crippen LogP contribution in [0.3, 0.4) is 0 Å². The van der Waals surface area contributed by atoms with Gasteiger partial charge in [-0.25, -0.2) is 0 Å². The van der Waals surface area contributed by atoms with Crippen molar-refractivity contribution in [3.05, 3.63) is 35.9 Å². The topological polar surface area (TPSA) is 69.6 Å². The van der Waals surface area contributed by atoms with Crippen LogP contribution in [0, 0.1) is 5.92 Å². The molecule has 0 saturated carbocycles. The number of benzene rings is 1. The molecule has 0 saturated heterocycles. The van der Waals surface area contributed by atoms with Crippen molar-refractivity contribution in [1.29, 1.82) is 0 Å². The summed E-state index contributed by atoms with van der Waals surface area (Å²) in [4.78, 5) is 11.1. The number of hydrogen-bond acceptors (Lipinski definition) is 3. The first-order chi connectivity index (χ1) is 8.02. The number of rotatable bonds is 6. The molecule has 4 heteroatoms. The molecule has 3 N–H and O–H groups in total. The van der Waals surface area contributed by atoms with E-state index < -0.39 is 18.1 Å². The third-order valence-electron chi connectivity index (χ3n) is 2.92. The average Bonchev–Trinajstić information content (AvgIpc) is 2.29. The zero-order valence-electron chi connectivity index (χ0n) is 10.1. The zero-order valence-corrected chi connectivity index (χ0v) is 10.1. The number of aliphatic hydroxyl groups excluding tert-OH is 1. The molecule has 0 aliphatic heterocycles. The number of carboxylic acids is 1. The molecule has 0 fully saturated rings. The monoisotopic (exact) mass is 237 g/mol. The van der Waals surface area contributed by atoms with Crippen LogP contribution in [0.5, 0.6) is 0 Å². The summed E-state index contributed by atoms with van der Waals surface area (Å²) in [6.45, 7) is 3.81. The summed E-state index contributed by atoms with van der Waals surface area (Å²) in [6, 6.07) is 8.85. The van der Waals surface area contributed by atoms with Crippen molar-refractivity contribution >= 4 is 5.97 Å². The van der Waals surface area contributed by atoms with Gasteiger partial charge in [-0.1, -0.05) is 37.3 Å². The largest absolute Gasteiger partial charge is 0.480 e. The Balaban J connectivity index is 2.60. The number of nitrogens with one attached hydrogen (secondary N) is 1. The van der Waals surface area contributed by atoms with Gasteiger partial charge in [0, 0.05) is 12.5 Å². The van der Waals surface area contributed by atoms with E-state index in [1.54, 1.807) is 13.8 Å². The van der Waals surface area contributed by atoms with Crippen LogP contribution >= 0.6 is 0 Å². The number of aliphatic carboxylic acids is 1. The second-order valence-corrected chi connectivity index (χ2v) is 4.28. The molecule has 1 rings (SSSR count). The standard InChI is InChI=1S/C13H19NO3/c1-9(10(2)15)12(13(16)17)14-8-11-6-4-3-5-7-11/h3-7,9-10,12,14-15H,8H2,1-2H3,(H,16,17)/t9-,10-,12+/m0/s1. The summed E-state index contributed by atoms with van der Waals surface area (Å²) in [7, 11) is 0. The smallest absolute Gasteiger partial charge is 0.321 e. The van der Waals surface area contributed by atoms with E-state index in [9.17, 15) is 9.90 Å². The Hall–Kier alpha value is -1.39. The van der Waals surface area contributed by atoms with E-state index in [1.165, 1.54) is 0 Å². The molecule has 0 aliphatic carbocycles. The molecule has 0 aliphatic rings. The fourth-order valence-electron chi connectivity index (χ4n) is 1.60. The summed E-state index contributed by atoms with van der Waals surface area (Å²) in [5, 5.41) is 21.5. The first-order valence-electron chi connectivity index (χ1n) is 5.70. The first kappa shape index (κ1) is 13.7. The lowest BCUT2D eigenvalue weighted by molar-refractivity contribution is -0.142. The van der Waals surface area contributed by atoms with Gasteiger partial charge in [0.2, 0.25) is 0 Å². The third-order valence-corrected chi connectivity index (χ3v) is 2.92. The summed E-state index contributed by atoms with van der Waals surface area (Å²) in [6.07, 6.45) is -0.653. The lowest BCUT2D eigenvalue weighted by Gasteiger charge is -2.23. The molecule has 1 aromatic carbocycles. The van der Waals surface area contributed by atoms with Crippen LogP contribution in [0.2, 0.25) is 0 Å². The van der Waals surface area contributed by atoms with E-state index in [4.69, 9.17) is 5.11 Å². The minimum Gasteiger partial charge on any atom is -0.480 e. The van der Waals surface area contributed by atoms with E-state index in [-0.39, 0.29) is 5.92 Å². The van der Waals surface area contributed by atoms with Crippen LogP contribution < -0.4 is 5.32 Å². The second-order valence-electron chi connectivity index (χ2n) is 4.28. The lowest BCUT2D eigenvalue weighted by atomic mass is 9.96. The molecule has 1 aromatic rings. The summed E-state index contributed by atoms with van der Waals surface area (Å²) in [5.41, 5.74) is 1.02. The highest BCUT2D eigenvalue weighted by Gasteiger charge is 2.27. The SMILES string of the molecule is C[C@@H]([C@H](C)O)[C@@H](NCc1ccccc1)C(=O)O. The minimum atomic E-state index is -0.936. The molecule has 0 radical (unpaired) electrons. The van der Waals surface area contributed by atoms with E-state index in [2.05, 4.69) is 5.32 Å². The summed E-state index contributed by atoms with van der Waals surface area (Å²) < 4.78 is 0. The summed E-state index contributed by atoms with van der Waals surface area (Å²) >= 11 is 0. The molecule has 94 valence electrons. The van der Waals surface area contributed by atoms with Gasteiger partial charge in [-0.15, -0.1) is 0 Å². The fourth-order valence-corrected chi connectivity index (χ4v) is 1.60. The first-order valence-corrected chi connectivity index (χ1v) is 5.70. The summed E-state index contributed by atoms with van der Waals surface area (Å²) in [5.74, 6) is -1.27. The maximum absolute atomic E-state index is 11.1. The van der Waals surface area contributed by atoms with Crippen LogP contribution in [-0.4, -0.2) is 28.3 Å². The molecule has 3 atom stereocenters. The maximum atomic E-state index is 11.1. The number of aliphatic hydroxyl groups is 1. The molecule has 0 unspecified atom stereocenters. The van der Waals surface area contributed by atoms with Gasteiger partial charge in [0.25, 0.3) is 0 Å². The Morgan fingerprint density at radius 3 is 2.35 bits per heavy atom. The van der Waals surface area contributed by atoms with E-state index in [0.717, 1.165) is 5.56 Å². The Morgan fingerprint density at radius 1 is 1.29 bits per heavy atom. The van der Waals surface area contributed by atoms with Gasteiger partial charge in [-0.2, -0.15) is 0 Å². The van der Waals surface area contributed by atoms with Crippen LogP contribution in [0.4, 0.5) is 0 Å². The van der Waals surface area contributed by atoms with Crippen molar-refractivity contribution < 1.29 is 15.0 Å². The lowest BCUT2D eigenvalue weighted by Crippen LogP contribution is -2.45. The van der Waals surface area contributed by atoms with Crippen molar-refractivity contribution in [3.8, 4) is 0 Å². The van der Waals surface area contributed by atoms with Gasteiger partial charge >= 0.3 is 5.97 Å². The van der Waals surface area contributed by atoms with Crippen molar-refractivity contribution in [3.63, 3.8) is 0 Å².